The molecule has 0 aliphatic rings. The molecular weight excluding hydrogens is 240 g/mol. The molecule has 2 rings (SSSR count). The SMILES string of the molecule is CCCc1nc2c(C)cccn2c1Br. The minimum absolute atomic E-state index is 1.03. The molecule has 74 valence electrons. The molecule has 0 spiro atoms. The molecule has 0 fully saturated rings. The summed E-state index contributed by atoms with van der Waals surface area (Å²) >= 11 is 3.59. The molecule has 0 bridgehead atoms. The Kier molecular flexibility index (Phi) is 2.59. The van der Waals surface area contributed by atoms with E-state index in [-0.39, 0.29) is 0 Å². The minimum atomic E-state index is 1.03. The van der Waals surface area contributed by atoms with E-state index in [4.69, 9.17) is 0 Å². The second-order valence-electron chi connectivity index (χ2n) is 3.48. The van der Waals surface area contributed by atoms with Crippen molar-refractivity contribution < 1.29 is 0 Å². The summed E-state index contributed by atoms with van der Waals surface area (Å²) < 4.78 is 3.19. The maximum Gasteiger partial charge on any atom is 0.140 e. The molecular formula is C11H13BrN2. The van der Waals surface area contributed by atoms with E-state index in [1.807, 2.05) is 12.3 Å². The summed E-state index contributed by atoms with van der Waals surface area (Å²) in [5.74, 6) is 0. The third-order valence-electron chi connectivity index (χ3n) is 2.34. The largest absolute Gasteiger partial charge is 0.294 e. The van der Waals surface area contributed by atoms with Crippen LogP contribution >= 0.6 is 15.9 Å². The first-order valence-electron chi connectivity index (χ1n) is 4.86. The molecule has 2 nitrogen and oxygen atoms in total. The van der Waals surface area contributed by atoms with Crippen molar-refractivity contribution in [3.05, 3.63) is 34.2 Å². The Labute approximate surface area is 92.1 Å². The second kappa shape index (κ2) is 3.73. The summed E-state index contributed by atoms with van der Waals surface area (Å²) in [6.45, 7) is 4.26. The van der Waals surface area contributed by atoms with Crippen LogP contribution < -0.4 is 0 Å². The van der Waals surface area contributed by atoms with Crippen LogP contribution in [-0.2, 0) is 6.42 Å². The fourth-order valence-electron chi connectivity index (χ4n) is 1.62. The monoisotopic (exact) mass is 252 g/mol. The van der Waals surface area contributed by atoms with Crippen molar-refractivity contribution in [1.82, 2.24) is 9.38 Å². The van der Waals surface area contributed by atoms with Gasteiger partial charge >= 0.3 is 0 Å². The van der Waals surface area contributed by atoms with Crippen LogP contribution in [0, 0.1) is 6.92 Å². The lowest BCUT2D eigenvalue weighted by atomic mass is 10.3. The Morgan fingerprint density at radius 3 is 2.93 bits per heavy atom. The second-order valence-corrected chi connectivity index (χ2v) is 4.24. The van der Waals surface area contributed by atoms with E-state index in [0.29, 0.717) is 0 Å². The van der Waals surface area contributed by atoms with Gasteiger partial charge in [-0.2, -0.15) is 0 Å². The van der Waals surface area contributed by atoms with Gasteiger partial charge in [0.1, 0.15) is 10.3 Å². The highest BCUT2D eigenvalue weighted by Gasteiger charge is 2.09. The van der Waals surface area contributed by atoms with Gasteiger partial charge in [0.25, 0.3) is 0 Å². The van der Waals surface area contributed by atoms with Gasteiger partial charge in [-0.25, -0.2) is 4.98 Å². The number of halogens is 1. The summed E-state index contributed by atoms with van der Waals surface area (Å²) in [6.07, 6.45) is 4.20. The van der Waals surface area contributed by atoms with Crippen molar-refractivity contribution in [3.8, 4) is 0 Å². The van der Waals surface area contributed by atoms with Crippen molar-refractivity contribution in [2.45, 2.75) is 26.7 Å². The summed E-state index contributed by atoms with van der Waals surface area (Å²) in [5, 5.41) is 0. The summed E-state index contributed by atoms with van der Waals surface area (Å²) in [7, 11) is 0. The lowest BCUT2D eigenvalue weighted by molar-refractivity contribution is 0.886. The molecule has 0 unspecified atom stereocenters. The Morgan fingerprint density at radius 1 is 1.50 bits per heavy atom. The van der Waals surface area contributed by atoms with E-state index >= 15 is 0 Å². The highest BCUT2D eigenvalue weighted by molar-refractivity contribution is 9.10. The molecule has 0 saturated carbocycles. The van der Waals surface area contributed by atoms with Crippen molar-refractivity contribution in [2.24, 2.45) is 0 Å². The van der Waals surface area contributed by atoms with Gasteiger partial charge in [-0.15, -0.1) is 0 Å². The molecule has 2 aromatic heterocycles. The van der Waals surface area contributed by atoms with Crippen molar-refractivity contribution >= 4 is 21.6 Å². The third-order valence-corrected chi connectivity index (χ3v) is 3.18. The predicted molar refractivity (Wildman–Crippen MR) is 61.6 cm³/mol. The first-order chi connectivity index (χ1) is 6.74. The van der Waals surface area contributed by atoms with Crippen LogP contribution in [-0.4, -0.2) is 9.38 Å². The molecule has 2 aromatic rings. The fraction of sp³-hybridized carbons (Fsp3) is 0.364. The van der Waals surface area contributed by atoms with Gasteiger partial charge in [0, 0.05) is 6.20 Å². The van der Waals surface area contributed by atoms with Crippen molar-refractivity contribution in [3.63, 3.8) is 0 Å². The van der Waals surface area contributed by atoms with Gasteiger partial charge in [-0.1, -0.05) is 19.4 Å². The van der Waals surface area contributed by atoms with E-state index in [1.54, 1.807) is 0 Å². The zero-order valence-corrected chi connectivity index (χ0v) is 10.0. The fourth-order valence-corrected chi connectivity index (χ4v) is 2.19. The number of rotatable bonds is 2. The maximum atomic E-state index is 4.62. The quantitative estimate of drug-likeness (QED) is 0.802. The Balaban J connectivity index is 2.67. The number of nitrogens with zero attached hydrogens (tertiary/aromatic N) is 2. The average molecular weight is 253 g/mol. The van der Waals surface area contributed by atoms with E-state index in [1.165, 1.54) is 5.56 Å². The molecule has 0 radical (unpaired) electrons. The van der Waals surface area contributed by atoms with Gasteiger partial charge < -0.3 is 0 Å². The first kappa shape index (κ1) is 9.71. The molecule has 0 atom stereocenters. The normalized spacial score (nSPS) is 11.1. The van der Waals surface area contributed by atoms with Gasteiger partial charge in [-0.3, -0.25) is 4.40 Å². The highest BCUT2D eigenvalue weighted by atomic mass is 79.9. The van der Waals surface area contributed by atoms with E-state index in [9.17, 15) is 0 Å². The van der Waals surface area contributed by atoms with E-state index in [0.717, 1.165) is 28.8 Å². The number of pyridine rings is 1. The van der Waals surface area contributed by atoms with Crippen LogP contribution in [0.15, 0.2) is 22.9 Å². The first-order valence-corrected chi connectivity index (χ1v) is 5.65. The van der Waals surface area contributed by atoms with Gasteiger partial charge in [0.2, 0.25) is 0 Å². The van der Waals surface area contributed by atoms with Crippen molar-refractivity contribution in [2.75, 3.05) is 0 Å². The number of imidazole rings is 1. The molecule has 14 heavy (non-hydrogen) atoms. The molecule has 0 N–H and O–H groups in total. The van der Waals surface area contributed by atoms with Crippen LogP contribution in [0.2, 0.25) is 0 Å². The standard InChI is InChI=1S/C11H13BrN2/c1-3-5-9-10(12)14-7-4-6-8(2)11(14)13-9/h4,6-7H,3,5H2,1-2H3. The number of aromatic nitrogens is 2. The van der Waals surface area contributed by atoms with Crippen LogP contribution in [0.1, 0.15) is 24.6 Å². The minimum Gasteiger partial charge on any atom is -0.294 e. The highest BCUT2D eigenvalue weighted by Crippen LogP contribution is 2.21. The van der Waals surface area contributed by atoms with Crippen molar-refractivity contribution in [1.29, 1.82) is 0 Å². The average Bonchev–Trinajstić information content (AvgIpc) is 2.48. The zero-order chi connectivity index (χ0) is 10.1. The van der Waals surface area contributed by atoms with Crippen LogP contribution in [0.25, 0.3) is 5.65 Å². The zero-order valence-electron chi connectivity index (χ0n) is 8.42. The summed E-state index contributed by atoms with van der Waals surface area (Å²) in [5.41, 5.74) is 3.43. The molecule has 3 heteroatoms. The molecule has 0 amide bonds. The van der Waals surface area contributed by atoms with Crippen LogP contribution in [0.5, 0.6) is 0 Å². The smallest absolute Gasteiger partial charge is 0.140 e. The molecule has 0 aromatic carbocycles. The summed E-state index contributed by atoms with van der Waals surface area (Å²) in [4.78, 5) is 4.62. The lowest BCUT2D eigenvalue weighted by Crippen LogP contribution is -1.86. The van der Waals surface area contributed by atoms with Crippen LogP contribution in [0.4, 0.5) is 0 Å². The maximum absolute atomic E-state index is 4.62. The summed E-state index contributed by atoms with van der Waals surface area (Å²) in [6, 6.07) is 4.13. The van der Waals surface area contributed by atoms with E-state index < -0.39 is 0 Å². The van der Waals surface area contributed by atoms with Gasteiger partial charge in [-0.05, 0) is 40.9 Å². The Morgan fingerprint density at radius 2 is 2.29 bits per heavy atom. The number of aryl methyl sites for hydroxylation is 2. The molecule has 0 aliphatic carbocycles. The molecule has 2 heterocycles. The number of hydrogen-bond acceptors (Lipinski definition) is 1. The number of hydrogen-bond donors (Lipinski definition) is 0. The van der Waals surface area contributed by atoms with Crippen LogP contribution in [0.3, 0.4) is 0 Å². The van der Waals surface area contributed by atoms with E-state index in [2.05, 4.69) is 45.2 Å². The predicted octanol–water partition coefficient (Wildman–Crippen LogP) is 3.36. The Hall–Kier alpha value is -0.830. The van der Waals surface area contributed by atoms with Gasteiger partial charge in [0.05, 0.1) is 5.69 Å². The topological polar surface area (TPSA) is 17.3 Å². The number of fused-ring (bicyclic) bond motifs is 1. The third kappa shape index (κ3) is 1.46. The van der Waals surface area contributed by atoms with Gasteiger partial charge in [0.15, 0.2) is 0 Å². The Bertz CT molecular complexity index is 460. The molecule has 0 aliphatic heterocycles. The lowest BCUT2D eigenvalue weighted by Gasteiger charge is -1.96. The molecule has 0 saturated heterocycles.